The topological polar surface area (TPSA) is 179 Å². The minimum Gasteiger partial charge on any atom is -0.394 e. The average Bonchev–Trinajstić information content (AvgIpc) is 2.58. The van der Waals surface area contributed by atoms with Crippen molar-refractivity contribution in [2.75, 3.05) is 20.3 Å². The SMILES string of the molecule is COC1O[C@H](CO)[C@H](O)[C@H](OC2O[C@H](CO)[C@H](O)[C@H](O)[C@@H]2O)[C@@H]1O. The third-order valence-electron chi connectivity index (χ3n) is 4.19. The van der Waals surface area contributed by atoms with Gasteiger partial charge in [-0.1, -0.05) is 0 Å². The van der Waals surface area contributed by atoms with Gasteiger partial charge in [-0.25, -0.2) is 0 Å². The van der Waals surface area contributed by atoms with Crippen molar-refractivity contribution in [2.45, 2.75) is 61.4 Å². The number of rotatable bonds is 5. The van der Waals surface area contributed by atoms with Gasteiger partial charge in [0.05, 0.1) is 13.2 Å². The van der Waals surface area contributed by atoms with E-state index in [1.807, 2.05) is 0 Å². The van der Waals surface area contributed by atoms with Crippen LogP contribution in [0.5, 0.6) is 0 Å². The van der Waals surface area contributed by atoms with Crippen LogP contribution in [0.2, 0.25) is 0 Å². The summed E-state index contributed by atoms with van der Waals surface area (Å²) in [6.07, 6.45) is -14.4. The molecule has 11 nitrogen and oxygen atoms in total. The summed E-state index contributed by atoms with van der Waals surface area (Å²) in [4.78, 5) is 0. The van der Waals surface area contributed by atoms with Crippen LogP contribution in [0.1, 0.15) is 0 Å². The average molecular weight is 356 g/mol. The molecule has 7 N–H and O–H groups in total. The molecule has 0 aromatic carbocycles. The van der Waals surface area contributed by atoms with E-state index >= 15 is 0 Å². The molecule has 2 rings (SSSR count). The van der Waals surface area contributed by atoms with E-state index in [9.17, 15) is 30.6 Å². The van der Waals surface area contributed by atoms with Crippen molar-refractivity contribution in [3.63, 3.8) is 0 Å². The van der Waals surface area contributed by atoms with E-state index in [4.69, 9.17) is 24.1 Å². The first-order valence-corrected chi connectivity index (χ1v) is 7.46. The second-order valence-corrected chi connectivity index (χ2v) is 5.74. The Balaban J connectivity index is 2.14. The molecule has 0 aliphatic carbocycles. The molecule has 0 amide bonds. The van der Waals surface area contributed by atoms with Gasteiger partial charge in [-0.15, -0.1) is 0 Å². The zero-order valence-electron chi connectivity index (χ0n) is 13.0. The van der Waals surface area contributed by atoms with Crippen LogP contribution in [0.3, 0.4) is 0 Å². The maximum Gasteiger partial charge on any atom is 0.187 e. The zero-order chi connectivity index (χ0) is 18.0. The van der Waals surface area contributed by atoms with Gasteiger partial charge in [0.1, 0.15) is 48.8 Å². The summed E-state index contributed by atoms with van der Waals surface area (Å²) in [5, 5.41) is 68.1. The van der Waals surface area contributed by atoms with Gasteiger partial charge < -0.3 is 54.7 Å². The molecule has 142 valence electrons. The molecule has 11 heteroatoms. The molecular weight excluding hydrogens is 332 g/mol. The number of methoxy groups -OCH3 is 1. The zero-order valence-corrected chi connectivity index (χ0v) is 13.0. The number of ether oxygens (including phenoxy) is 4. The Bertz CT molecular complexity index is 378. The molecule has 2 aliphatic rings. The lowest BCUT2D eigenvalue weighted by molar-refractivity contribution is -0.358. The van der Waals surface area contributed by atoms with E-state index in [0.29, 0.717) is 0 Å². The molecule has 2 fully saturated rings. The monoisotopic (exact) mass is 356 g/mol. The van der Waals surface area contributed by atoms with Crippen LogP contribution in [-0.2, 0) is 18.9 Å². The third kappa shape index (κ3) is 3.71. The lowest BCUT2D eigenvalue weighted by Crippen LogP contribution is -2.64. The highest BCUT2D eigenvalue weighted by Gasteiger charge is 2.50. The summed E-state index contributed by atoms with van der Waals surface area (Å²) in [6, 6.07) is 0. The lowest BCUT2D eigenvalue weighted by Gasteiger charge is -2.45. The first-order valence-electron chi connectivity index (χ1n) is 7.46. The molecule has 2 saturated heterocycles. The Morgan fingerprint density at radius 2 is 1.25 bits per heavy atom. The molecule has 0 aromatic heterocycles. The Hall–Kier alpha value is -0.440. The quantitative estimate of drug-likeness (QED) is 0.251. The molecule has 0 aromatic rings. The Labute approximate surface area is 137 Å². The highest BCUT2D eigenvalue weighted by Crippen LogP contribution is 2.29. The van der Waals surface area contributed by atoms with Gasteiger partial charge in [-0.3, -0.25) is 0 Å². The van der Waals surface area contributed by atoms with Crippen LogP contribution < -0.4 is 0 Å². The van der Waals surface area contributed by atoms with E-state index in [1.54, 1.807) is 0 Å². The molecule has 0 spiro atoms. The first-order chi connectivity index (χ1) is 11.3. The summed E-state index contributed by atoms with van der Waals surface area (Å²) in [5.74, 6) is 0. The number of aliphatic hydroxyl groups excluding tert-OH is 7. The normalized spacial score (nSPS) is 50.0. The summed E-state index contributed by atoms with van der Waals surface area (Å²) in [7, 11) is 1.24. The fraction of sp³-hybridized carbons (Fsp3) is 1.00. The predicted octanol–water partition coefficient (Wildman–Crippen LogP) is -4.74. The molecule has 0 saturated carbocycles. The van der Waals surface area contributed by atoms with Crippen molar-refractivity contribution in [1.82, 2.24) is 0 Å². The highest BCUT2D eigenvalue weighted by molar-refractivity contribution is 4.93. The molecule has 24 heavy (non-hydrogen) atoms. The Morgan fingerprint density at radius 1 is 0.708 bits per heavy atom. The van der Waals surface area contributed by atoms with Crippen LogP contribution in [0, 0.1) is 0 Å². The molecule has 10 atom stereocenters. The summed E-state index contributed by atoms with van der Waals surface area (Å²) in [6.45, 7) is -1.23. The van der Waals surface area contributed by atoms with Gasteiger partial charge in [0.15, 0.2) is 12.6 Å². The first kappa shape index (κ1) is 19.9. The van der Waals surface area contributed by atoms with Crippen molar-refractivity contribution >= 4 is 0 Å². The van der Waals surface area contributed by atoms with E-state index < -0.39 is 74.6 Å². The molecule has 2 aliphatic heterocycles. The maximum absolute atomic E-state index is 10.2. The van der Waals surface area contributed by atoms with Crippen LogP contribution in [0.4, 0.5) is 0 Å². The van der Waals surface area contributed by atoms with E-state index in [1.165, 1.54) is 7.11 Å². The third-order valence-corrected chi connectivity index (χ3v) is 4.19. The summed E-state index contributed by atoms with van der Waals surface area (Å²) in [5.41, 5.74) is 0. The highest BCUT2D eigenvalue weighted by atomic mass is 16.7. The van der Waals surface area contributed by atoms with Gasteiger partial charge in [0.25, 0.3) is 0 Å². The molecule has 0 radical (unpaired) electrons. The largest absolute Gasteiger partial charge is 0.394 e. The molecular formula is C13H24O11. The molecule has 0 bridgehead atoms. The van der Waals surface area contributed by atoms with Gasteiger partial charge in [0, 0.05) is 7.11 Å². The van der Waals surface area contributed by atoms with Crippen molar-refractivity contribution in [2.24, 2.45) is 0 Å². The fourth-order valence-electron chi connectivity index (χ4n) is 2.74. The molecule has 2 unspecified atom stereocenters. The fourth-order valence-corrected chi connectivity index (χ4v) is 2.74. The Morgan fingerprint density at radius 3 is 1.79 bits per heavy atom. The van der Waals surface area contributed by atoms with Crippen molar-refractivity contribution in [3.8, 4) is 0 Å². The van der Waals surface area contributed by atoms with Gasteiger partial charge in [-0.2, -0.15) is 0 Å². The van der Waals surface area contributed by atoms with E-state index in [0.717, 1.165) is 0 Å². The van der Waals surface area contributed by atoms with Crippen molar-refractivity contribution in [3.05, 3.63) is 0 Å². The second kappa shape index (κ2) is 8.29. The standard InChI is InChI=1S/C13H24O11/c1-21-12-10(20)11(7(17)5(3-15)22-12)24-13-9(19)8(18)6(16)4(2-14)23-13/h4-20H,2-3H2,1H3/t4-,5-,6+,7+,8+,9+,10+,11+,12?,13?/m1/s1. The van der Waals surface area contributed by atoms with Crippen molar-refractivity contribution < 1.29 is 54.7 Å². The smallest absolute Gasteiger partial charge is 0.187 e. The van der Waals surface area contributed by atoms with Gasteiger partial charge >= 0.3 is 0 Å². The number of hydrogen-bond donors (Lipinski definition) is 7. The Kier molecular flexibility index (Phi) is 6.87. The second-order valence-electron chi connectivity index (χ2n) is 5.74. The van der Waals surface area contributed by atoms with E-state index in [2.05, 4.69) is 0 Å². The minimum absolute atomic E-state index is 0.581. The van der Waals surface area contributed by atoms with Crippen LogP contribution >= 0.6 is 0 Å². The minimum atomic E-state index is -1.70. The number of hydrogen-bond acceptors (Lipinski definition) is 11. The molecule has 2 heterocycles. The van der Waals surface area contributed by atoms with Gasteiger partial charge in [0.2, 0.25) is 0 Å². The lowest BCUT2D eigenvalue weighted by atomic mass is 9.97. The van der Waals surface area contributed by atoms with E-state index in [-0.39, 0.29) is 0 Å². The summed E-state index contributed by atoms with van der Waals surface area (Å²) >= 11 is 0. The van der Waals surface area contributed by atoms with Crippen LogP contribution in [0.15, 0.2) is 0 Å². The van der Waals surface area contributed by atoms with Crippen molar-refractivity contribution in [1.29, 1.82) is 0 Å². The summed E-state index contributed by atoms with van der Waals surface area (Å²) < 4.78 is 20.6. The number of aliphatic hydroxyl groups is 7. The van der Waals surface area contributed by atoms with Gasteiger partial charge in [-0.05, 0) is 0 Å². The van der Waals surface area contributed by atoms with Crippen LogP contribution in [0.25, 0.3) is 0 Å². The maximum atomic E-state index is 10.2. The van der Waals surface area contributed by atoms with Crippen LogP contribution in [-0.4, -0.2) is 117 Å². The predicted molar refractivity (Wildman–Crippen MR) is 73.4 cm³/mol.